The van der Waals surface area contributed by atoms with Gasteiger partial charge in [-0.3, -0.25) is 4.90 Å². The molecule has 0 saturated heterocycles. The third-order valence-electron chi connectivity index (χ3n) is 4.97. The van der Waals surface area contributed by atoms with Crippen LogP contribution in [0.1, 0.15) is 33.3 Å². The number of hydrogen-bond donors (Lipinski definition) is 0. The van der Waals surface area contributed by atoms with Gasteiger partial charge in [0, 0.05) is 6.54 Å². The van der Waals surface area contributed by atoms with Crippen molar-refractivity contribution < 1.29 is 9.47 Å². The maximum atomic E-state index is 5.85. The fraction of sp³-hybridized carbons (Fsp3) is 0.619. The fourth-order valence-electron chi connectivity index (χ4n) is 3.13. The second-order valence-corrected chi connectivity index (χ2v) is 7.92. The van der Waals surface area contributed by atoms with Crippen LogP contribution in [0.5, 0.6) is 0 Å². The van der Waals surface area contributed by atoms with Gasteiger partial charge in [0.15, 0.2) is 11.8 Å². The molecule has 0 N–H and O–H groups in total. The molecule has 5 heteroatoms. The van der Waals surface area contributed by atoms with Crippen molar-refractivity contribution in [2.75, 3.05) is 26.3 Å². The van der Waals surface area contributed by atoms with Crippen LogP contribution in [0.4, 0.5) is 0 Å². The number of hydrogen-bond acceptors (Lipinski definition) is 5. The van der Waals surface area contributed by atoms with Gasteiger partial charge in [-0.15, -0.1) is 0 Å². The number of aliphatic imine (C=N–C) groups is 2. The zero-order valence-corrected chi connectivity index (χ0v) is 16.4. The highest BCUT2D eigenvalue weighted by Gasteiger charge is 2.26. The number of ether oxygens (including phenoxy) is 2. The molecule has 0 spiro atoms. The topological polar surface area (TPSA) is 46.4 Å². The first-order valence-electron chi connectivity index (χ1n) is 9.66. The smallest absolute Gasteiger partial charge is 0.198 e. The van der Waals surface area contributed by atoms with E-state index in [4.69, 9.17) is 19.5 Å². The highest BCUT2D eigenvalue weighted by molar-refractivity contribution is 5.82. The Balaban J connectivity index is 1.68. The van der Waals surface area contributed by atoms with E-state index >= 15 is 0 Å². The highest BCUT2D eigenvalue weighted by atomic mass is 16.5. The lowest BCUT2D eigenvalue weighted by atomic mass is 10.1. The second kappa shape index (κ2) is 8.67. The quantitative estimate of drug-likeness (QED) is 0.716. The molecule has 0 aromatic heterocycles. The molecule has 142 valence electrons. The Labute approximate surface area is 157 Å². The van der Waals surface area contributed by atoms with Crippen molar-refractivity contribution in [1.29, 1.82) is 0 Å². The van der Waals surface area contributed by atoms with Crippen molar-refractivity contribution in [2.45, 2.75) is 46.3 Å². The summed E-state index contributed by atoms with van der Waals surface area (Å²) in [5.41, 5.74) is 1.27. The summed E-state index contributed by atoms with van der Waals surface area (Å²) in [6.45, 7) is 12.3. The van der Waals surface area contributed by atoms with E-state index in [1.165, 1.54) is 5.56 Å². The summed E-state index contributed by atoms with van der Waals surface area (Å²) in [7, 11) is 0. The molecular formula is C21H31N3O2. The average molecular weight is 357 g/mol. The normalized spacial score (nSPS) is 22.6. The van der Waals surface area contributed by atoms with Crippen LogP contribution in [0.3, 0.4) is 0 Å². The Morgan fingerprint density at radius 1 is 0.846 bits per heavy atom. The molecule has 1 aromatic rings. The fourth-order valence-corrected chi connectivity index (χ4v) is 3.13. The second-order valence-electron chi connectivity index (χ2n) is 7.92. The zero-order chi connectivity index (χ0) is 18.5. The Hall–Kier alpha value is -1.88. The molecule has 0 fully saturated rings. The Morgan fingerprint density at radius 2 is 1.35 bits per heavy atom. The monoisotopic (exact) mass is 357 g/mol. The maximum Gasteiger partial charge on any atom is 0.198 e. The van der Waals surface area contributed by atoms with Crippen LogP contribution in [0.15, 0.2) is 40.3 Å². The van der Waals surface area contributed by atoms with Crippen LogP contribution in [0.25, 0.3) is 0 Å². The highest BCUT2D eigenvalue weighted by Crippen LogP contribution is 2.17. The van der Waals surface area contributed by atoms with Gasteiger partial charge in [-0.25, -0.2) is 9.98 Å². The first-order valence-corrected chi connectivity index (χ1v) is 9.66. The number of rotatable bonds is 8. The van der Waals surface area contributed by atoms with E-state index in [0.29, 0.717) is 38.1 Å². The number of benzene rings is 1. The minimum atomic E-state index is 0.272. The van der Waals surface area contributed by atoms with Crippen LogP contribution < -0.4 is 0 Å². The molecule has 0 bridgehead atoms. The van der Waals surface area contributed by atoms with E-state index in [1.54, 1.807) is 0 Å². The summed E-state index contributed by atoms with van der Waals surface area (Å²) in [6, 6.07) is 11.0. The molecule has 2 atom stereocenters. The molecule has 2 aliphatic heterocycles. The van der Waals surface area contributed by atoms with E-state index in [1.807, 2.05) is 6.07 Å². The van der Waals surface area contributed by atoms with Gasteiger partial charge in [0.25, 0.3) is 0 Å². The van der Waals surface area contributed by atoms with E-state index in [2.05, 4.69) is 56.9 Å². The summed E-state index contributed by atoms with van der Waals surface area (Å²) in [5, 5.41) is 0. The van der Waals surface area contributed by atoms with Crippen molar-refractivity contribution in [2.24, 2.45) is 21.8 Å². The summed E-state index contributed by atoms with van der Waals surface area (Å²) >= 11 is 0. The third-order valence-corrected chi connectivity index (χ3v) is 4.97. The third kappa shape index (κ3) is 5.07. The Morgan fingerprint density at radius 3 is 1.77 bits per heavy atom. The molecule has 26 heavy (non-hydrogen) atoms. The SMILES string of the molecule is CC(C)[C@H]1COC(CN(CC2=N[C@@H](C(C)C)CO2)Cc2ccccc2)=N1. The van der Waals surface area contributed by atoms with E-state index in [0.717, 1.165) is 18.3 Å². The van der Waals surface area contributed by atoms with Gasteiger partial charge in [-0.1, -0.05) is 58.0 Å². The van der Waals surface area contributed by atoms with Crippen LogP contribution >= 0.6 is 0 Å². The van der Waals surface area contributed by atoms with Crippen LogP contribution in [0, 0.1) is 11.8 Å². The standard InChI is InChI=1S/C21H31N3O2/c1-15(2)18-13-25-20(22-18)11-24(10-17-8-6-5-7-9-17)12-21-23-19(14-26-21)16(3)4/h5-9,15-16,18-19H,10-14H2,1-4H3/t18-,19-/m1/s1. The lowest BCUT2D eigenvalue weighted by Gasteiger charge is -2.21. The minimum absolute atomic E-state index is 0.272. The first kappa shape index (κ1) is 18.9. The summed E-state index contributed by atoms with van der Waals surface area (Å²) in [4.78, 5) is 11.8. The maximum absolute atomic E-state index is 5.85. The van der Waals surface area contributed by atoms with Crippen molar-refractivity contribution in [3.63, 3.8) is 0 Å². The molecular weight excluding hydrogens is 326 g/mol. The van der Waals surface area contributed by atoms with E-state index in [-0.39, 0.29) is 12.1 Å². The molecule has 2 heterocycles. The first-order chi connectivity index (χ1) is 12.5. The van der Waals surface area contributed by atoms with Gasteiger partial charge in [0.1, 0.15) is 13.2 Å². The lowest BCUT2D eigenvalue weighted by molar-refractivity contribution is 0.246. The summed E-state index contributed by atoms with van der Waals surface area (Å²) < 4.78 is 11.7. The van der Waals surface area contributed by atoms with Gasteiger partial charge < -0.3 is 9.47 Å². The van der Waals surface area contributed by atoms with Crippen molar-refractivity contribution >= 4 is 11.8 Å². The van der Waals surface area contributed by atoms with E-state index in [9.17, 15) is 0 Å². The van der Waals surface area contributed by atoms with Gasteiger partial charge in [0.05, 0.1) is 25.2 Å². The molecule has 2 aliphatic rings. The molecule has 0 saturated carbocycles. The van der Waals surface area contributed by atoms with Gasteiger partial charge in [-0.2, -0.15) is 0 Å². The molecule has 0 radical (unpaired) electrons. The van der Waals surface area contributed by atoms with Crippen LogP contribution in [-0.2, 0) is 16.0 Å². The van der Waals surface area contributed by atoms with Gasteiger partial charge >= 0.3 is 0 Å². The largest absolute Gasteiger partial charge is 0.478 e. The predicted molar refractivity (Wildman–Crippen MR) is 106 cm³/mol. The molecule has 5 nitrogen and oxygen atoms in total. The average Bonchev–Trinajstić information content (AvgIpc) is 3.25. The van der Waals surface area contributed by atoms with Crippen molar-refractivity contribution in [1.82, 2.24) is 4.90 Å². The molecule has 1 aromatic carbocycles. The van der Waals surface area contributed by atoms with Gasteiger partial charge in [-0.05, 0) is 17.4 Å². The van der Waals surface area contributed by atoms with Crippen molar-refractivity contribution in [3.05, 3.63) is 35.9 Å². The Bertz CT molecular complexity index is 604. The van der Waals surface area contributed by atoms with Crippen LogP contribution in [-0.4, -0.2) is 55.1 Å². The Kier molecular flexibility index (Phi) is 6.30. The summed E-state index contributed by atoms with van der Waals surface area (Å²) in [6.07, 6.45) is 0. The van der Waals surface area contributed by atoms with E-state index < -0.39 is 0 Å². The molecule has 3 rings (SSSR count). The summed E-state index contributed by atoms with van der Waals surface area (Å²) in [5.74, 6) is 2.67. The predicted octanol–water partition coefficient (Wildman–Crippen LogP) is 3.40. The minimum Gasteiger partial charge on any atom is -0.478 e. The molecule has 0 unspecified atom stereocenters. The lowest BCUT2D eigenvalue weighted by Crippen LogP contribution is -2.34. The van der Waals surface area contributed by atoms with Crippen molar-refractivity contribution in [3.8, 4) is 0 Å². The number of nitrogens with zero attached hydrogens (tertiary/aromatic N) is 3. The van der Waals surface area contributed by atoms with Gasteiger partial charge in [0.2, 0.25) is 0 Å². The molecule has 0 amide bonds. The van der Waals surface area contributed by atoms with Crippen LogP contribution in [0.2, 0.25) is 0 Å². The zero-order valence-electron chi connectivity index (χ0n) is 16.4. The molecule has 0 aliphatic carbocycles.